The van der Waals surface area contributed by atoms with Crippen molar-refractivity contribution in [1.82, 2.24) is 0 Å². The topological polar surface area (TPSA) is 84.5 Å². The third kappa shape index (κ3) is 2.11. The Hall–Kier alpha value is -1.11. The van der Waals surface area contributed by atoms with E-state index in [1.165, 1.54) is 6.07 Å². The molecule has 1 aliphatic rings. The molecule has 0 unspecified atom stereocenters. The largest absolute Gasteiger partial charge is 0.341 e. The summed E-state index contributed by atoms with van der Waals surface area (Å²) < 4.78 is 26.6. The fraction of sp³-hybridized carbons (Fsp3) is 0.125. The molecule has 1 heterocycles. The van der Waals surface area contributed by atoms with Crippen LogP contribution in [-0.2, 0) is 10.0 Å². The van der Waals surface area contributed by atoms with Gasteiger partial charge in [-0.3, -0.25) is 0 Å². The number of rotatable bonds is 1. The van der Waals surface area contributed by atoms with Crippen LogP contribution in [0.5, 0.6) is 0 Å². The van der Waals surface area contributed by atoms with Gasteiger partial charge in [-0.2, -0.15) is 8.42 Å². The van der Waals surface area contributed by atoms with Gasteiger partial charge in [0.05, 0.1) is 12.2 Å². The van der Waals surface area contributed by atoms with Crippen molar-refractivity contribution in [1.29, 1.82) is 0 Å². The van der Waals surface area contributed by atoms with Gasteiger partial charge >= 0.3 is 0 Å². The van der Waals surface area contributed by atoms with E-state index in [2.05, 4.69) is 9.71 Å². The molecule has 0 fully saturated rings. The van der Waals surface area contributed by atoms with Gasteiger partial charge in [0.25, 0.3) is 10.0 Å². The first-order valence-electron chi connectivity index (χ1n) is 4.03. The van der Waals surface area contributed by atoms with E-state index in [0.29, 0.717) is 5.69 Å². The van der Waals surface area contributed by atoms with Crippen molar-refractivity contribution < 1.29 is 8.42 Å². The number of halogens is 1. The van der Waals surface area contributed by atoms with E-state index in [-0.39, 0.29) is 29.7 Å². The summed E-state index contributed by atoms with van der Waals surface area (Å²) in [6.07, 6.45) is 0. The highest BCUT2D eigenvalue weighted by Gasteiger charge is 2.23. The molecule has 1 aromatic carbocycles. The molecule has 7 heteroatoms. The Bertz CT molecular complexity index is 498. The van der Waals surface area contributed by atoms with E-state index in [0.717, 1.165) is 0 Å². The molecule has 2 rings (SSSR count). The SMILES string of the molecule is Cl.NCC1=NS(=O)(=O)c2ccccc2N1. The Kier molecular flexibility index (Phi) is 3.33. The third-order valence-corrected chi connectivity index (χ3v) is 3.24. The van der Waals surface area contributed by atoms with Crippen LogP contribution in [0.1, 0.15) is 0 Å². The molecule has 0 radical (unpaired) electrons. The first kappa shape index (κ1) is 12.0. The average molecular weight is 248 g/mol. The predicted octanol–water partition coefficient (Wildman–Crippen LogP) is 0.580. The maximum atomic E-state index is 11.6. The monoisotopic (exact) mass is 247 g/mol. The summed E-state index contributed by atoms with van der Waals surface area (Å²) >= 11 is 0. The van der Waals surface area contributed by atoms with Crippen LogP contribution in [0.3, 0.4) is 0 Å². The molecular formula is C8H10ClN3O2S. The molecule has 82 valence electrons. The summed E-state index contributed by atoms with van der Waals surface area (Å²) in [6, 6.07) is 6.59. The fourth-order valence-corrected chi connectivity index (χ4v) is 2.41. The summed E-state index contributed by atoms with van der Waals surface area (Å²) in [6.45, 7) is 0.0769. The van der Waals surface area contributed by atoms with E-state index in [1.807, 2.05) is 0 Å². The molecule has 0 saturated carbocycles. The maximum Gasteiger partial charge on any atom is 0.286 e. The smallest absolute Gasteiger partial charge is 0.286 e. The van der Waals surface area contributed by atoms with Crippen molar-refractivity contribution in [2.24, 2.45) is 10.1 Å². The molecule has 0 spiro atoms. The van der Waals surface area contributed by atoms with Gasteiger partial charge in [-0.15, -0.1) is 16.8 Å². The number of benzene rings is 1. The zero-order valence-electron chi connectivity index (χ0n) is 7.67. The van der Waals surface area contributed by atoms with E-state index in [1.54, 1.807) is 18.2 Å². The van der Waals surface area contributed by atoms with Crippen LogP contribution in [0, 0.1) is 0 Å². The average Bonchev–Trinajstić information content (AvgIpc) is 2.17. The number of para-hydroxylation sites is 1. The highest BCUT2D eigenvalue weighted by atomic mass is 35.5. The minimum atomic E-state index is -3.56. The van der Waals surface area contributed by atoms with Crippen LogP contribution < -0.4 is 11.1 Å². The lowest BCUT2D eigenvalue weighted by Gasteiger charge is -2.16. The Morgan fingerprint density at radius 2 is 2.00 bits per heavy atom. The minimum absolute atomic E-state index is 0. The molecule has 0 amide bonds. The van der Waals surface area contributed by atoms with Gasteiger partial charge < -0.3 is 11.1 Å². The zero-order chi connectivity index (χ0) is 10.2. The summed E-state index contributed by atoms with van der Waals surface area (Å²) in [5.74, 6) is 0.267. The standard InChI is InChI=1S/C8H9N3O2S.ClH/c9-5-8-10-6-3-1-2-4-7(6)14(12,13)11-8;/h1-4H,5,9H2,(H,10,11);1H. The van der Waals surface area contributed by atoms with Gasteiger partial charge in [-0.05, 0) is 12.1 Å². The highest BCUT2D eigenvalue weighted by molar-refractivity contribution is 7.90. The second kappa shape index (κ2) is 4.18. The normalized spacial score (nSPS) is 16.7. The van der Waals surface area contributed by atoms with Crippen LogP contribution in [0.25, 0.3) is 0 Å². The van der Waals surface area contributed by atoms with E-state index in [4.69, 9.17) is 5.73 Å². The highest BCUT2D eigenvalue weighted by Crippen LogP contribution is 2.25. The second-order valence-corrected chi connectivity index (χ2v) is 4.41. The number of nitrogens with two attached hydrogens (primary N) is 1. The van der Waals surface area contributed by atoms with Crippen molar-refractivity contribution in [2.75, 3.05) is 11.9 Å². The number of amidine groups is 1. The predicted molar refractivity (Wildman–Crippen MR) is 61.0 cm³/mol. The van der Waals surface area contributed by atoms with E-state index < -0.39 is 10.0 Å². The lowest BCUT2D eigenvalue weighted by atomic mass is 10.3. The summed E-state index contributed by atoms with van der Waals surface area (Å²) in [5, 5.41) is 2.85. The number of hydrogen-bond acceptors (Lipinski definition) is 4. The third-order valence-electron chi connectivity index (χ3n) is 1.87. The Morgan fingerprint density at radius 1 is 1.33 bits per heavy atom. The number of anilines is 1. The van der Waals surface area contributed by atoms with Crippen LogP contribution in [-0.4, -0.2) is 20.8 Å². The number of nitrogens with zero attached hydrogens (tertiary/aromatic N) is 1. The molecule has 15 heavy (non-hydrogen) atoms. The molecule has 5 nitrogen and oxygen atoms in total. The first-order valence-corrected chi connectivity index (χ1v) is 5.47. The van der Waals surface area contributed by atoms with Crippen LogP contribution >= 0.6 is 12.4 Å². The summed E-state index contributed by atoms with van der Waals surface area (Å²) in [7, 11) is -3.56. The van der Waals surface area contributed by atoms with Crippen molar-refractivity contribution in [3.8, 4) is 0 Å². The van der Waals surface area contributed by atoms with Crippen molar-refractivity contribution in [3.63, 3.8) is 0 Å². The van der Waals surface area contributed by atoms with Crippen LogP contribution in [0.4, 0.5) is 5.69 Å². The number of sulfonamides is 1. The quantitative estimate of drug-likeness (QED) is 0.760. The lowest BCUT2D eigenvalue weighted by Crippen LogP contribution is -2.28. The molecule has 1 aliphatic heterocycles. The second-order valence-electron chi connectivity index (χ2n) is 2.84. The first-order chi connectivity index (χ1) is 6.63. The van der Waals surface area contributed by atoms with Gasteiger partial charge in [0.15, 0.2) is 0 Å². The Morgan fingerprint density at radius 3 is 2.67 bits per heavy atom. The minimum Gasteiger partial charge on any atom is -0.341 e. The van der Waals surface area contributed by atoms with Crippen molar-refractivity contribution in [2.45, 2.75) is 4.90 Å². The molecular weight excluding hydrogens is 238 g/mol. The van der Waals surface area contributed by atoms with Gasteiger partial charge in [0.1, 0.15) is 10.7 Å². The van der Waals surface area contributed by atoms with Crippen molar-refractivity contribution >= 4 is 34.0 Å². The fourth-order valence-electron chi connectivity index (χ4n) is 1.26. The summed E-state index contributed by atoms with van der Waals surface area (Å²) in [5.41, 5.74) is 5.85. The zero-order valence-corrected chi connectivity index (χ0v) is 9.31. The van der Waals surface area contributed by atoms with Gasteiger partial charge in [0.2, 0.25) is 0 Å². The van der Waals surface area contributed by atoms with Gasteiger partial charge in [0, 0.05) is 0 Å². The molecule has 0 aromatic heterocycles. The Balaban J connectivity index is 0.00000112. The van der Waals surface area contributed by atoms with E-state index >= 15 is 0 Å². The molecule has 3 N–H and O–H groups in total. The van der Waals surface area contributed by atoms with Crippen LogP contribution in [0.15, 0.2) is 33.6 Å². The van der Waals surface area contributed by atoms with Crippen molar-refractivity contribution in [3.05, 3.63) is 24.3 Å². The number of fused-ring (bicyclic) bond motifs is 1. The van der Waals surface area contributed by atoms with Gasteiger partial charge in [-0.25, -0.2) is 0 Å². The van der Waals surface area contributed by atoms with Crippen LogP contribution in [0.2, 0.25) is 0 Å². The lowest BCUT2D eigenvalue weighted by molar-refractivity contribution is 0.597. The molecule has 0 atom stereocenters. The molecule has 0 aliphatic carbocycles. The molecule has 1 aromatic rings. The maximum absolute atomic E-state index is 11.6. The summed E-state index contributed by atoms with van der Waals surface area (Å²) in [4.78, 5) is 0.192. The van der Waals surface area contributed by atoms with Gasteiger partial charge in [-0.1, -0.05) is 12.1 Å². The molecule has 0 bridgehead atoms. The number of nitrogens with one attached hydrogen (secondary N) is 1. The Labute approximate surface area is 93.9 Å². The molecule has 0 saturated heterocycles. The van der Waals surface area contributed by atoms with E-state index in [9.17, 15) is 8.42 Å². The number of hydrogen-bond donors (Lipinski definition) is 2.